The van der Waals surface area contributed by atoms with E-state index in [0.717, 1.165) is 32.2 Å². The van der Waals surface area contributed by atoms with Crippen molar-refractivity contribution >= 4 is 11.8 Å². The lowest BCUT2D eigenvalue weighted by atomic mass is 9.93. The molecule has 5 nitrogen and oxygen atoms in total. The molecule has 0 aromatic carbocycles. The Bertz CT molecular complexity index is 342. The van der Waals surface area contributed by atoms with E-state index in [1.807, 2.05) is 11.9 Å². The molecule has 0 bridgehead atoms. The van der Waals surface area contributed by atoms with E-state index in [2.05, 4.69) is 6.92 Å². The summed E-state index contributed by atoms with van der Waals surface area (Å²) in [5.41, 5.74) is 5.02. The second kappa shape index (κ2) is 7.07. The standard InChI is InChI=1S/C15H29N3O2/c1-5-6-9-17(4)13(19)12-7-10-18(11-8-12)14(20)15(2,3)16/h12H,5-11,16H2,1-4H3. The molecule has 20 heavy (non-hydrogen) atoms. The van der Waals surface area contributed by atoms with Gasteiger partial charge in [0.2, 0.25) is 11.8 Å². The van der Waals surface area contributed by atoms with Gasteiger partial charge in [0, 0.05) is 32.6 Å². The van der Waals surface area contributed by atoms with Gasteiger partial charge in [-0.25, -0.2) is 0 Å². The summed E-state index contributed by atoms with van der Waals surface area (Å²) in [6, 6.07) is 0. The van der Waals surface area contributed by atoms with Crippen LogP contribution in [0.2, 0.25) is 0 Å². The van der Waals surface area contributed by atoms with Crippen molar-refractivity contribution in [1.29, 1.82) is 0 Å². The van der Waals surface area contributed by atoms with Gasteiger partial charge < -0.3 is 15.5 Å². The molecule has 2 N–H and O–H groups in total. The number of hydrogen-bond donors (Lipinski definition) is 1. The van der Waals surface area contributed by atoms with E-state index >= 15 is 0 Å². The van der Waals surface area contributed by atoms with E-state index < -0.39 is 5.54 Å². The Morgan fingerprint density at radius 1 is 1.30 bits per heavy atom. The van der Waals surface area contributed by atoms with Gasteiger partial charge in [0.1, 0.15) is 0 Å². The summed E-state index contributed by atoms with van der Waals surface area (Å²) in [5, 5.41) is 0. The molecule has 1 rings (SSSR count). The highest BCUT2D eigenvalue weighted by Gasteiger charge is 2.33. The van der Waals surface area contributed by atoms with Crippen molar-refractivity contribution < 1.29 is 9.59 Å². The zero-order valence-electron chi connectivity index (χ0n) is 13.3. The molecule has 0 atom stereocenters. The second-order valence-corrected chi connectivity index (χ2v) is 6.40. The molecule has 1 saturated heterocycles. The zero-order chi connectivity index (χ0) is 15.3. The average molecular weight is 283 g/mol. The molecule has 1 heterocycles. The van der Waals surface area contributed by atoms with Gasteiger partial charge in [-0.15, -0.1) is 0 Å². The average Bonchev–Trinajstić information content (AvgIpc) is 2.42. The van der Waals surface area contributed by atoms with Gasteiger partial charge in [-0.05, 0) is 33.1 Å². The second-order valence-electron chi connectivity index (χ2n) is 6.40. The van der Waals surface area contributed by atoms with Gasteiger partial charge in [0.05, 0.1) is 5.54 Å². The third kappa shape index (κ3) is 4.47. The van der Waals surface area contributed by atoms with Crippen molar-refractivity contribution in [3.05, 3.63) is 0 Å². The first-order chi connectivity index (χ1) is 9.27. The van der Waals surface area contributed by atoms with Crippen LogP contribution in [0.25, 0.3) is 0 Å². The highest BCUT2D eigenvalue weighted by Crippen LogP contribution is 2.21. The summed E-state index contributed by atoms with van der Waals surface area (Å²) in [6.07, 6.45) is 3.63. The number of nitrogens with two attached hydrogens (primary N) is 1. The van der Waals surface area contributed by atoms with Crippen LogP contribution < -0.4 is 5.73 Å². The Morgan fingerprint density at radius 2 is 1.85 bits per heavy atom. The normalized spacial score (nSPS) is 17.1. The smallest absolute Gasteiger partial charge is 0.242 e. The summed E-state index contributed by atoms with van der Waals surface area (Å²) in [4.78, 5) is 28.0. The number of nitrogens with zero attached hydrogens (tertiary/aromatic N) is 2. The minimum absolute atomic E-state index is 0.0252. The lowest BCUT2D eigenvalue weighted by Crippen LogP contribution is -2.54. The van der Waals surface area contributed by atoms with Crippen LogP contribution in [0.4, 0.5) is 0 Å². The Labute approximate surface area is 122 Å². The van der Waals surface area contributed by atoms with Crippen molar-refractivity contribution in [2.24, 2.45) is 11.7 Å². The first-order valence-corrected chi connectivity index (χ1v) is 7.60. The molecule has 0 aromatic heterocycles. The molecule has 0 aliphatic carbocycles. The molecule has 0 radical (unpaired) electrons. The van der Waals surface area contributed by atoms with Crippen molar-refractivity contribution in [3.8, 4) is 0 Å². The van der Waals surface area contributed by atoms with Crippen molar-refractivity contribution in [1.82, 2.24) is 9.80 Å². The maximum atomic E-state index is 12.3. The minimum Gasteiger partial charge on any atom is -0.346 e. The number of amides is 2. The molecule has 0 spiro atoms. The largest absolute Gasteiger partial charge is 0.346 e. The molecule has 1 aliphatic heterocycles. The van der Waals surface area contributed by atoms with E-state index in [4.69, 9.17) is 5.73 Å². The number of carbonyl (C=O) groups excluding carboxylic acids is 2. The predicted octanol–water partition coefficient (Wildman–Crippen LogP) is 1.22. The lowest BCUT2D eigenvalue weighted by molar-refractivity contribution is -0.142. The highest BCUT2D eigenvalue weighted by molar-refractivity contribution is 5.85. The maximum Gasteiger partial charge on any atom is 0.242 e. The number of unbranched alkanes of at least 4 members (excludes halogenated alkanes) is 1. The third-order valence-corrected chi connectivity index (χ3v) is 3.91. The fourth-order valence-corrected chi connectivity index (χ4v) is 2.55. The quantitative estimate of drug-likeness (QED) is 0.825. The van der Waals surface area contributed by atoms with E-state index in [-0.39, 0.29) is 17.7 Å². The summed E-state index contributed by atoms with van der Waals surface area (Å²) >= 11 is 0. The highest BCUT2D eigenvalue weighted by atomic mass is 16.2. The first-order valence-electron chi connectivity index (χ1n) is 7.60. The van der Waals surface area contributed by atoms with Crippen molar-refractivity contribution in [2.45, 2.75) is 52.0 Å². The Hall–Kier alpha value is -1.10. The van der Waals surface area contributed by atoms with Gasteiger partial charge in [-0.1, -0.05) is 13.3 Å². The molecule has 116 valence electrons. The van der Waals surface area contributed by atoms with Crippen LogP contribution in [0.15, 0.2) is 0 Å². The number of hydrogen-bond acceptors (Lipinski definition) is 3. The van der Waals surface area contributed by atoms with Crippen molar-refractivity contribution in [2.75, 3.05) is 26.7 Å². The molecule has 1 fully saturated rings. The van der Waals surface area contributed by atoms with Crippen LogP contribution in [0.5, 0.6) is 0 Å². The van der Waals surface area contributed by atoms with Gasteiger partial charge in [-0.3, -0.25) is 9.59 Å². The monoisotopic (exact) mass is 283 g/mol. The van der Waals surface area contributed by atoms with E-state index in [9.17, 15) is 9.59 Å². The molecule has 0 aromatic rings. The van der Waals surface area contributed by atoms with Crippen molar-refractivity contribution in [3.63, 3.8) is 0 Å². The molecule has 1 aliphatic rings. The third-order valence-electron chi connectivity index (χ3n) is 3.91. The van der Waals surface area contributed by atoms with Crippen LogP contribution >= 0.6 is 0 Å². The van der Waals surface area contributed by atoms with Gasteiger partial charge in [0.25, 0.3) is 0 Å². The van der Waals surface area contributed by atoms with E-state index in [0.29, 0.717) is 13.1 Å². The van der Waals surface area contributed by atoms with Gasteiger partial charge in [-0.2, -0.15) is 0 Å². The molecular formula is C15H29N3O2. The maximum absolute atomic E-state index is 12.3. The summed E-state index contributed by atoms with van der Waals surface area (Å²) in [7, 11) is 1.87. The Kier molecular flexibility index (Phi) is 5.99. The molecule has 2 amide bonds. The summed E-state index contributed by atoms with van der Waals surface area (Å²) < 4.78 is 0. The minimum atomic E-state index is -0.825. The summed E-state index contributed by atoms with van der Waals surface area (Å²) in [6.45, 7) is 7.67. The number of rotatable bonds is 5. The molecule has 0 saturated carbocycles. The topological polar surface area (TPSA) is 66.6 Å². The predicted molar refractivity (Wildman–Crippen MR) is 80.1 cm³/mol. The first kappa shape index (κ1) is 17.0. The number of carbonyl (C=O) groups is 2. The molecule has 5 heteroatoms. The Balaban J connectivity index is 2.46. The Morgan fingerprint density at radius 3 is 2.30 bits per heavy atom. The van der Waals surface area contributed by atoms with Crippen LogP contribution in [-0.4, -0.2) is 53.8 Å². The van der Waals surface area contributed by atoms with Crippen LogP contribution in [0, 0.1) is 5.92 Å². The van der Waals surface area contributed by atoms with E-state index in [1.54, 1.807) is 18.7 Å². The number of piperidine rings is 1. The zero-order valence-corrected chi connectivity index (χ0v) is 13.3. The SMILES string of the molecule is CCCCN(C)C(=O)C1CCN(C(=O)C(C)(C)N)CC1. The summed E-state index contributed by atoms with van der Waals surface area (Å²) in [5.74, 6) is 0.252. The molecular weight excluding hydrogens is 254 g/mol. The number of likely N-dealkylation sites (tertiary alicyclic amines) is 1. The van der Waals surface area contributed by atoms with Gasteiger partial charge in [0.15, 0.2) is 0 Å². The van der Waals surface area contributed by atoms with Gasteiger partial charge >= 0.3 is 0 Å². The fourth-order valence-electron chi connectivity index (χ4n) is 2.55. The molecule has 0 unspecified atom stereocenters. The van der Waals surface area contributed by atoms with Crippen LogP contribution in [0.3, 0.4) is 0 Å². The van der Waals surface area contributed by atoms with E-state index in [1.165, 1.54) is 0 Å². The lowest BCUT2D eigenvalue weighted by Gasteiger charge is -2.36. The van der Waals surface area contributed by atoms with Crippen LogP contribution in [0.1, 0.15) is 46.5 Å². The van der Waals surface area contributed by atoms with Crippen LogP contribution in [-0.2, 0) is 9.59 Å². The fraction of sp³-hybridized carbons (Fsp3) is 0.867.